The third-order valence-corrected chi connectivity index (χ3v) is 3.56. The summed E-state index contributed by atoms with van der Waals surface area (Å²) in [5.74, 6) is 1.73. The number of halogens is 1. The standard InChI is InChI=1S/C15H13BrN2O/c1-11-6-5-9-18-13(17-15(16)14(11)18)10-19-12-7-3-2-4-8-12/h2-9H,10H2,1H3. The molecule has 0 amide bonds. The van der Waals surface area contributed by atoms with Crippen LogP contribution in [-0.2, 0) is 6.61 Å². The number of benzene rings is 1. The Balaban J connectivity index is 1.92. The van der Waals surface area contributed by atoms with Crippen molar-refractivity contribution >= 4 is 21.4 Å². The van der Waals surface area contributed by atoms with E-state index in [1.165, 1.54) is 5.56 Å². The molecule has 0 aliphatic heterocycles. The van der Waals surface area contributed by atoms with Crippen LogP contribution in [0, 0.1) is 6.92 Å². The number of imidazole rings is 1. The molecule has 0 bridgehead atoms. The molecule has 4 heteroatoms. The zero-order valence-corrected chi connectivity index (χ0v) is 12.1. The van der Waals surface area contributed by atoms with E-state index in [9.17, 15) is 0 Å². The molecule has 3 rings (SSSR count). The molecular formula is C15H13BrN2O. The zero-order valence-electron chi connectivity index (χ0n) is 10.5. The molecule has 3 nitrogen and oxygen atoms in total. The first kappa shape index (κ1) is 12.2. The number of hydrogen-bond acceptors (Lipinski definition) is 2. The van der Waals surface area contributed by atoms with Crippen LogP contribution in [-0.4, -0.2) is 9.38 Å². The summed E-state index contributed by atoms with van der Waals surface area (Å²) in [7, 11) is 0. The highest BCUT2D eigenvalue weighted by Crippen LogP contribution is 2.23. The molecule has 0 saturated heterocycles. The molecule has 0 unspecified atom stereocenters. The highest BCUT2D eigenvalue weighted by atomic mass is 79.9. The number of fused-ring (bicyclic) bond motifs is 1. The highest BCUT2D eigenvalue weighted by molar-refractivity contribution is 9.10. The summed E-state index contributed by atoms with van der Waals surface area (Å²) in [4.78, 5) is 4.52. The monoisotopic (exact) mass is 316 g/mol. The van der Waals surface area contributed by atoms with E-state index in [0.29, 0.717) is 6.61 Å². The molecule has 0 aliphatic rings. The van der Waals surface area contributed by atoms with Crippen LogP contribution in [0.25, 0.3) is 5.52 Å². The summed E-state index contributed by atoms with van der Waals surface area (Å²) < 4.78 is 8.67. The van der Waals surface area contributed by atoms with Crippen molar-refractivity contribution in [3.63, 3.8) is 0 Å². The van der Waals surface area contributed by atoms with Crippen molar-refractivity contribution in [2.24, 2.45) is 0 Å². The number of ether oxygens (including phenoxy) is 1. The first-order valence-corrected chi connectivity index (χ1v) is 6.85. The number of pyridine rings is 1. The van der Waals surface area contributed by atoms with Crippen LogP contribution >= 0.6 is 15.9 Å². The summed E-state index contributed by atoms with van der Waals surface area (Å²) in [5.41, 5.74) is 2.28. The summed E-state index contributed by atoms with van der Waals surface area (Å²) in [6.07, 6.45) is 2.00. The average molecular weight is 317 g/mol. The van der Waals surface area contributed by atoms with Gasteiger partial charge in [0.25, 0.3) is 0 Å². The van der Waals surface area contributed by atoms with Crippen molar-refractivity contribution in [2.45, 2.75) is 13.5 Å². The van der Waals surface area contributed by atoms with Crippen LogP contribution in [0.4, 0.5) is 0 Å². The lowest BCUT2D eigenvalue weighted by Gasteiger charge is -2.05. The molecule has 0 fully saturated rings. The van der Waals surface area contributed by atoms with Gasteiger partial charge in [0.2, 0.25) is 0 Å². The molecule has 0 saturated carbocycles. The third-order valence-electron chi connectivity index (χ3n) is 3.01. The molecule has 0 N–H and O–H groups in total. The smallest absolute Gasteiger partial charge is 0.152 e. The molecule has 2 heterocycles. The molecule has 0 atom stereocenters. The van der Waals surface area contributed by atoms with Gasteiger partial charge >= 0.3 is 0 Å². The van der Waals surface area contributed by atoms with E-state index in [4.69, 9.17) is 4.74 Å². The molecule has 0 aliphatic carbocycles. The minimum absolute atomic E-state index is 0.445. The van der Waals surface area contributed by atoms with Crippen molar-refractivity contribution in [1.29, 1.82) is 0 Å². The van der Waals surface area contributed by atoms with Gasteiger partial charge < -0.3 is 4.74 Å². The van der Waals surface area contributed by atoms with Crippen LogP contribution in [0.5, 0.6) is 5.75 Å². The second kappa shape index (κ2) is 5.05. The quantitative estimate of drug-likeness (QED) is 0.730. The number of rotatable bonds is 3. The second-order valence-electron chi connectivity index (χ2n) is 4.33. The predicted octanol–water partition coefficient (Wildman–Crippen LogP) is 3.98. The Morgan fingerprint density at radius 3 is 2.74 bits per heavy atom. The largest absolute Gasteiger partial charge is 0.486 e. The van der Waals surface area contributed by atoms with Gasteiger partial charge in [0.05, 0.1) is 5.52 Å². The first-order valence-electron chi connectivity index (χ1n) is 6.05. The molecule has 3 aromatic rings. The Morgan fingerprint density at radius 2 is 1.95 bits per heavy atom. The van der Waals surface area contributed by atoms with E-state index in [2.05, 4.69) is 38.3 Å². The van der Waals surface area contributed by atoms with Crippen LogP contribution in [0.15, 0.2) is 53.3 Å². The number of aromatic nitrogens is 2. The molecule has 96 valence electrons. The van der Waals surface area contributed by atoms with Gasteiger partial charge in [-0.2, -0.15) is 0 Å². The Hall–Kier alpha value is -1.81. The number of nitrogens with zero attached hydrogens (tertiary/aromatic N) is 2. The molecule has 19 heavy (non-hydrogen) atoms. The van der Waals surface area contributed by atoms with E-state index in [1.807, 2.05) is 42.6 Å². The lowest BCUT2D eigenvalue weighted by atomic mass is 10.3. The fourth-order valence-corrected chi connectivity index (χ4v) is 2.79. The molecular weight excluding hydrogens is 304 g/mol. The minimum atomic E-state index is 0.445. The highest BCUT2D eigenvalue weighted by Gasteiger charge is 2.11. The maximum Gasteiger partial charge on any atom is 0.152 e. The van der Waals surface area contributed by atoms with Crippen molar-refractivity contribution in [1.82, 2.24) is 9.38 Å². The van der Waals surface area contributed by atoms with Gasteiger partial charge in [-0.15, -0.1) is 0 Å². The lowest BCUT2D eigenvalue weighted by Crippen LogP contribution is -2.01. The molecule has 0 radical (unpaired) electrons. The van der Waals surface area contributed by atoms with Crippen molar-refractivity contribution in [3.05, 3.63) is 64.7 Å². The van der Waals surface area contributed by atoms with Crippen LogP contribution < -0.4 is 4.74 Å². The first-order chi connectivity index (χ1) is 9.25. The van der Waals surface area contributed by atoms with Crippen molar-refractivity contribution in [2.75, 3.05) is 0 Å². The summed E-state index contributed by atoms with van der Waals surface area (Å²) in [5, 5.41) is 0. The maximum atomic E-state index is 5.75. The second-order valence-corrected chi connectivity index (χ2v) is 5.08. The van der Waals surface area contributed by atoms with E-state index in [-0.39, 0.29) is 0 Å². The van der Waals surface area contributed by atoms with Crippen molar-refractivity contribution < 1.29 is 4.74 Å². The van der Waals surface area contributed by atoms with Crippen molar-refractivity contribution in [3.8, 4) is 5.75 Å². The Labute approximate surface area is 120 Å². The molecule has 0 spiro atoms. The predicted molar refractivity (Wildman–Crippen MR) is 78.4 cm³/mol. The van der Waals surface area contributed by atoms with E-state index in [0.717, 1.165) is 21.7 Å². The Morgan fingerprint density at radius 1 is 1.16 bits per heavy atom. The number of para-hydroxylation sites is 1. The van der Waals surface area contributed by atoms with E-state index < -0.39 is 0 Å². The average Bonchev–Trinajstić information content (AvgIpc) is 2.76. The summed E-state index contributed by atoms with van der Waals surface area (Å²) in [6, 6.07) is 13.9. The molecule has 2 aromatic heterocycles. The van der Waals surface area contributed by atoms with Gasteiger partial charge in [0, 0.05) is 6.20 Å². The maximum absolute atomic E-state index is 5.75. The van der Waals surface area contributed by atoms with Gasteiger partial charge in [0.15, 0.2) is 5.82 Å². The zero-order chi connectivity index (χ0) is 13.2. The van der Waals surface area contributed by atoms with Gasteiger partial charge in [0.1, 0.15) is 17.0 Å². The molecule has 1 aromatic carbocycles. The van der Waals surface area contributed by atoms with Gasteiger partial charge in [-0.1, -0.05) is 24.3 Å². The fraction of sp³-hybridized carbons (Fsp3) is 0.133. The number of aryl methyl sites for hydroxylation is 1. The van der Waals surface area contributed by atoms with E-state index in [1.54, 1.807) is 0 Å². The lowest BCUT2D eigenvalue weighted by molar-refractivity contribution is 0.295. The van der Waals surface area contributed by atoms with E-state index >= 15 is 0 Å². The van der Waals surface area contributed by atoms with Crippen LogP contribution in [0.2, 0.25) is 0 Å². The summed E-state index contributed by atoms with van der Waals surface area (Å²) >= 11 is 3.51. The number of hydrogen-bond donors (Lipinski definition) is 0. The minimum Gasteiger partial charge on any atom is -0.486 e. The van der Waals surface area contributed by atoms with Crippen LogP contribution in [0.3, 0.4) is 0 Å². The SMILES string of the molecule is Cc1cccn2c(COc3ccccc3)nc(Br)c12. The van der Waals surface area contributed by atoms with Gasteiger partial charge in [-0.05, 0) is 46.6 Å². The topological polar surface area (TPSA) is 26.5 Å². The summed E-state index contributed by atoms with van der Waals surface area (Å²) in [6.45, 7) is 2.52. The van der Waals surface area contributed by atoms with Crippen LogP contribution in [0.1, 0.15) is 11.4 Å². The Kier molecular flexibility index (Phi) is 3.25. The third kappa shape index (κ3) is 2.36. The van der Waals surface area contributed by atoms with Gasteiger partial charge in [-0.25, -0.2) is 4.98 Å². The van der Waals surface area contributed by atoms with Gasteiger partial charge in [-0.3, -0.25) is 4.40 Å². The Bertz CT molecular complexity index is 707. The normalized spacial score (nSPS) is 10.8. The fourth-order valence-electron chi connectivity index (χ4n) is 2.08.